The fraction of sp³-hybridized carbons (Fsp3) is 0.333. The lowest BCUT2D eigenvalue weighted by molar-refractivity contribution is -0.116. The Morgan fingerprint density at radius 3 is 2.56 bits per heavy atom. The van der Waals surface area contributed by atoms with Gasteiger partial charge in [0.2, 0.25) is 5.91 Å². The van der Waals surface area contributed by atoms with E-state index in [9.17, 15) is 9.59 Å². The summed E-state index contributed by atoms with van der Waals surface area (Å²) in [6.45, 7) is 5.70. The fourth-order valence-corrected chi connectivity index (χ4v) is 3.37. The third-order valence-corrected chi connectivity index (χ3v) is 4.60. The number of nitrogens with zero attached hydrogens (tertiary/aromatic N) is 2. The topological polar surface area (TPSA) is 40.6 Å². The van der Waals surface area contributed by atoms with Gasteiger partial charge in [0.15, 0.2) is 0 Å². The molecule has 0 saturated carbocycles. The van der Waals surface area contributed by atoms with Crippen LogP contribution >= 0.6 is 0 Å². The molecule has 0 N–H and O–H groups in total. The summed E-state index contributed by atoms with van der Waals surface area (Å²) in [7, 11) is 0. The van der Waals surface area contributed by atoms with E-state index in [1.807, 2.05) is 53.4 Å². The lowest BCUT2D eigenvalue weighted by Gasteiger charge is -2.23. The predicted molar refractivity (Wildman–Crippen MR) is 99.6 cm³/mol. The lowest BCUT2D eigenvalue weighted by Crippen LogP contribution is -2.31. The highest BCUT2D eigenvalue weighted by Crippen LogP contribution is 2.29. The van der Waals surface area contributed by atoms with E-state index in [4.69, 9.17) is 0 Å². The standard InChI is InChI=1S/C21H24N2O2/c1-3-12-22(15-17-7-5-4-6-8-17)21(25)19-9-10-20-18(14-19)11-13-23(20)16(2)24/h4-10,14H,3,11-13,15H2,1-2H3. The maximum absolute atomic E-state index is 13.0. The summed E-state index contributed by atoms with van der Waals surface area (Å²) in [5.74, 6) is 0.101. The summed E-state index contributed by atoms with van der Waals surface area (Å²) >= 11 is 0. The van der Waals surface area contributed by atoms with Gasteiger partial charge in [-0.2, -0.15) is 0 Å². The maximum Gasteiger partial charge on any atom is 0.254 e. The third-order valence-electron chi connectivity index (χ3n) is 4.60. The maximum atomic E-state index is 13.0. The van der Waals surface area contributed by atoms with Crippen LogP contribution in [0, 0.1) is 0 Å². The van der Waals surface area contributed by atoms with E-state index in [-0.39, 0.29) is 11.8 Å². The molecule has 2 aromatic carbocycles. The molecule has 0 unspecified atom stereocenters. The molecular formula is C21H24N2O2. The Morgan fingerprint density at radius 2 is 1.88 bits per heavy atom. The van der Waals surface area contributed by atoms with Crippen LogP contribution in [-0.4, -0.2) is 29.8 Å². The monoisotopic (exact) mass is 336 g/mol. The minimum atomic E-state index is 0.0505. The molecule has 0 atom stereocenters. The second kappa shape index (κ2) is 7.51. The molecule has 0 saturated heterocycles. The first-order chi connectivity index (χ1) is 12.1. The van der Waals surface area contributed by atoms with Crippen molar-refractivity contribution in [2.45, 2.75) is 33.2 Å². The first-order valence-corrected chi connectivity index (χ1v) is 8.84. The summed E-state index contributed by atoms with van der Waals surface area (Å²) in [6, 6.07) is 15.8. The van der Waals surface area contributed by atoms with Crippen LogP contribution in [0.4, 0.5) is 5.69 Å². The number of hydrogen-bond donors (Lipinski definition) is 0. The Kier molecular flexibility index (Phi) is 5.17. The summed E-state index contributed by atoms with van der Waals surface area (Å²) in [5, 5.41) is 0. The second-order valence-electron chi connectivity index (χ2n) is 6.48. The van der Waals surface area contributed by atoms with Crippen LogP contribution in [0.5, 0.6) is 0 Å². The van der Waals surface area contributed by atoms with E-state index >= 15 is 0 Å². The molecule has 25 heavy (non-hydrogen) atoms. The van der Waals surface area contributed by atoms with Crippen molar-refractivity contribution >= 4 is 17.5 Å². The molecule has 0 bridgehead atoms. The Labute approximate surface area is 149 Å². The molecule has 0 radical (unpaired) electrons. The molecule has 4 heteroatoms. The minimum absolute atomic E-state index is 0.0505. The zero-order chi connectivity index (χ0) is 17.8. The van der Waals surface area contributed by atoms with Gasteiger partial charge >= 0.3 is 0 Å². The SMILES string of the molecule is CCCN(Cc1ccccc1)C(=O)c1ccc2c(c1)CCN2C(C)=O. The molecule has 0 aliphatic carbocycles. The molecule has 3 rings (SSSR count). The van der Waals surface area contributed by atoms with Crippen LogP contribution in [0.2, 0.25) is 0 Å². The Hall–Kier alpha value is -2.62. The van der Waals surface area contributed by atoms with Crippen LogP contribution < -0.4 is 4.90 Å². The summed E-state index contributed by atoms with van der Waals surface area (Å²) in [5.41, 5.74) is 3.85. The smallest absolute Gasteiger partial charge is 0.254 e. The van der Waals surface area contributed by atoms with E-state index in [0.717, 1.165) is 36.2 Å². The molecule has 1 aliphatic rings. The van der Waals surface area contributed by atoms with Gasteiger partial charge in [-0.1, -0.05) is 37.3 Å². The molecule has 0 aromatic heterocycles. The second-order valence-corrected chi connectivity index (χ2v) is 6.48. The Bertz CT molecular complexity index is 771. The van der Waals surface area contributed by atoms with Crippen molar-refractivity contribution < 1.29 is 9.59 Å². The first kappa shape index (κ1) is 17.2. The predicted octanol–water partition coefficient (Wildman–Crippen LogP) is 3.65. The van der Waals surface area contributed by atoms with Gasteiger partial charge in [0.25, 0.3) is 5.91 Å². The quantitative estimate of drug-likeness (QED) is 0.836. The fourth-order valence-electron chi connectivity index (χ4n) is 3.37. The average molecular weight is 336 g/mol. The largest absolute Gasteiger partial charge is 0.334 e. The Balaban J connectivity index is 1.82. The van der Waals surface area contributed by atoms with Gasteiger partial charge in [-0.3, -0.25) is 9.59 Å². The molecule has 1 heterocycles. The van der Waals surface area contributed by atoms with Crippen LogP contribution in [0.3, 0.4) is 0 Å². The number of carbonyl (C=O) groups excluding carboxylic acids is 2. The van der Waals surface area contributed by atoms with Crippen molar-refractivity contribution in [1.29, 1.82) is 0 Å². The van der Waals surface area contributed by atoms with Crippen molar-refractivity contribution in [3.63, 3.8) is 0 Å². The first-order valence-electron chi connectivity index (χ1n) is 8.84. The van der Waals surface area contributed by atoms with E-state index < -0.39 is 0 Å². The number of hydrogen-bond acceptors (Lipinski definition) is 2. The van der Waals surface area contributed by atoms with Gasteiger partial charge in [0.05, 0.1) is 0 Å². The molecular weight excluding hydrogens is 312 g/mol. The summed E-state index contributed by atoms with van der Waals surface area (Å²) in [6.07, 6.45) is 1.73. The number of carbonyl (C=O) groups is 2. The highest BCUT2D eigenvalue weighted by Gasteiger charge is 2.24. The van der Waals surface area contributed by atoms with Gasteiger partial charge in [-0.25, -0.2) is 0 Å². The van der Waals surface area contributed by atoms with E-state index in [2.05, 4.69) is 6.92 Å². The van der Waals surface area contributed by atoms with Gasteiger partial charge < -0.3 is 9.80 Å². The molecule has 0 spiro atoms. The van der Waals surface area contributed by atoms with E-state index in [1.165, 1.54) is 0 Å². The van der Waals surface area contributed by atoms with Crippen molar-refractivity contribution in [2.24, 2.45) is 0 Å². The molecule has 2 aromatic rings. The third kappa shape index (κ3) is 3.73. The molecule has 1 aliphatic heterocycles. The number of benzene rings is 2. The van der Waals surface area contributed by atoms with E-state index in [0.29, 0.717) is 18.7 Å². The molecule has 130 valence electrons. The van der Waals surface area contributed by atoms with Crippen molar-refractivity contribution in [1.82, 2.24) is 4.90 Å². The number of anilines is 1. The van der Waals surface area contributed by atoms with Crippen LogP contribution in [0.25, 0.3) is 0 Å². The summed E-state index contributed by atoms with van der Waals surface area (Å²) < 4.78 is 0. The number of fused-ring (bicyclic) bond motifs is 1. The highest BCUT2D eigenvalue weighted by atomic mass is 16.2. The highest BCUT2D eigenvalue weighted by molar-refractivity contribution is 5.97. The van der Waals surface area contributed by atoms with E-state index in [1.54, 1.807) is 11.8 Å². The van der Waals surface area contributed by atoms with Crippen molar-refractivity contribution in [2.75, 3.05) is 18.0 Å². The van der Waals surface area contributed by atoms with Crippen LogP contribution in [0.15, 0.2) is 48.5 Å². The van der Waals surface area contributed by atoms with Crippen LogP contribution in [-0.2, 0) is 17.8 Å². The molecule has 0 fully saturated rings. The lowest BCUT2D eigenvalue weighted by atomic mass is 10.1. The van der Waals surface area contributed by atoms with Crippen LogP contribution in [0.1, 0.15) is 41.8 Å². The zero-order valence-corrected chi connectivity index (χ0v) is 14.9. The number of rotatable bonds is 5. The van der Waals surface area contributed by atoms with Crippen molar-refractivity contribution in [3.8, 4) is 0 Å². The minimum Gasteiger partial charge on any atom is -0.334 e. The van der Waals surface area contributed by atoms with Gasteiger partial charge in [-0.15, -0.1) is 0 Å². The van der Waals surface area contributed by atoms with Gasteiger partial charge in [-0.05, 0) is 42.2 Å². The molecule has 2 amide bonds. The normalized spacial score (nSPS) is 12.8. The number of amides is 2. The zero-order valence-electron chi connectivity index (χ0n) is 14.9. The molecule has 4 nitrogen and oxygen atoms in total. The average Bonchev–Trinajstić information content (AvgIpc) is 3.05. The Morgan fingerprint density at radius 1 is 1.12 bits per heavy atom. The van der Waals surface area contributed by atoms with Crippen molar-refractivity contribution in [3.05, 3.63) is 65.2 Å². The van der Waals surface area contributed by atoms with Gasteiger partial charge in [0.1, 0.15) is 0 Å². The summed E-state index contributed by atoms with van der Waals surface area (Å²) in [4.78, 5) is 28.3. The van der Waals surface area contributed by atoms with Gasteiger partial charge in [0, 0.05) is 37.8 Å².